The maximum atomic E-state index is 13.2. The lowest BCUT2D eigenvalue weighted by Gasteiger charge is -2.10. The van der Waals surface area contributed by atoms with Gasteiger partial charge < -0.3 is 10.8 Å². The van der Waals surface area contributed by atoms with E-state index in [9.17, 15) is 9.18 Å². The zero-order valence-corrected chi connectivity index (χ0v) is 8.75. The molecular weight excluding hydrogens is 197 g/mol. The minimum absolute atomic E-state index is 0.151. The van der Waals surface area contributed by atoms with Gasteiger partial charge in [-0.25, -0.2) is 4.39 Å². The van der Waals surface area contributed by atoms with Gasteiger partial charge in [0.25, 0.3) is 0 Å². The summed E-state index contributed by atoms with van der Waals surface area (Å²) in [5.74, 6) is -1.40. The van der Waals surface area contributed by atoms with E-state index >= 15 is 0 Å². The van der Waals surface area contributed by atoms with Crippen molar-refractivity contribution in [3.8, 4) is 0 Å². The number of hydrogen-bond acceptors (Lipinski definition) is 2. The van der Waals surface area contributed by atoms with Crippen LogP contribution < -0.4 is 5.73 Å². The summed E-state index contributed by atoms with van der Waals surface area (Å²) in [7, 11) is 0. The van der Waals surface area contributed by atoms with E-state index in [-0.39, 0.29) is 12.2 Å². The Bertz CT molecular complexity index is 390. The van der Waals surface area contributed by atoms with Crippen molar-refractivity contribution in [3.63, 3.8) is 0 Å². The molecule has 82 valence electrons. The highest BCUT2D eigenvalue weighted by atomic mass is 19.1. The Kier molecular flexibility index (Phi) is 3.42. The van der Waals surface area contributed by atoms with E-state index in [1.54, 1.807) is 13.0 Å². The van der Waals surface area contributed by atoms with Crippen LogP contribution >= 0.6 is 0 Å². The minimum Gasteiger partial charge on any atom is -0.480 e. The van der Waals surface area contributed by atoms with Gasteiger partial charge in [-0.1, -0.05) is 6.07 Å². The molecule has 4 heteroatoms. The smallest absolute Gasteiger partial charge is 0.320 e. The van der Waals surface area contributed by atoms with E-state index in [0.717, 1.165) is 5.56 Å². The normalized spacial score (nSPS) is 12.5. The monoisotopic (exact) mass is 211 g/mol. The first-order valence-electron chi connectivity index (χ1n) is 4.66. The van der Waals surface area contributed by atoms with Crippen molar-refractivity contribution in [3.05, 3.63) is 34.6 Å². The molecule has 0 radical (unpaired) electrons. The average Bonchev–Trinajstić information content (AvgIpc) is 2.13. The van der Waals surface area contributed by atoms with Crippen molar-refractivity contribution in [2.24, 2.45) is 5.73 Å². The molecule has 15 heavy (non-hydrogen) atoms. The number of carboxylic acids is 1. The molecule has 1 unspecified atom stereocenters. The van der Waals surface area contributed by atoms with Crippen LogP contribution in [0.2, 0.25) is 0 Å². The number of carboxylic acid groups (broad SMARTS) is 1. The van der Waals surface area contributed by atoms with E-state index in [0.29, 0.717) is 11.1 Å². The van der Waals surface area contributed by atoms with E-state index in [1.807, 2.05) is 6.92 Å². The van der Waals surface area contributed by atoms with Gasteiger partial charge in [-0.2, -0.15) is 0 Å². The largest absolute Gasteiger partial charge is 0.480 e. The third-order valence-corrected chi connectivity index (χ3v) is 2.37. The Labute approximate surface area is 87.7 Å². The van der Waals surface area contributed by atoms with Crippen LogP contribution in [0, 0.1) is 19.7 Å². The van der Waals surface area contributed by atoms with Gasteiger partial charge >= 0.3 is 5.97 Å². The van der Waals surface area contributed by atoms with Crippen molar-refractivity contribution in [2.45, 2.75) is 26.3 Å². The molecule has 0 saturated heterocycles. The molecule has 0 aliphatic heterocycles. The lowest BCUT2D eigenvalue weighted by atomic mass is 9.99. The first kappa shape index (κ1) is 11.7. The molecular formula is C11H14FNO2. The second-order valence-electron chi connectivity index (χ2n) is 3.68. The summed E-state index contributed by atoms with van der Waals surface area (Å²) in [4.78, 5) is 10.5. The van der Waals surface area contributed by atoms with Crippen molar-refractivity contribution >= 4 is 5.97 Å². The summed E-state index contributed by atoms with van der Waals surface area (Å²) in [6.45, 7) is 3.49. The molecule has 0 bridgehead atoms. The summed E-state index contributed by atoms with van der Waals surface area (Å²) >= 11 is 0. The zero-order chi connectivity index (χ0) is 11.6. The van der Waals surface area contributed by atoms with Gasteiger partial charge in [-0.15, -0.1) is 0 Å². The summed E-state index contributed by atoms with van der Waals surface area (Å²) < 4.78 is 13.2. The molecule has 0 aromatic heterocycles. The van der Waals surface area contributed by atoms with Crippen molar-refractivity contribution in [2.75, 3.05) is 0 Å². The maximum absolute atomic E-state index is 13.2. The van der Waals surface area contributed by atoms with Gasteiger partial charge in [0.05, 0.1) is 0 Å². The van der Waals surface area contributed by atoms with Gasteiger partial charge in [0.1, 0.15) is 11.9 Å². The number of carbonyl (C=O) groups is 1. The van der Waals surface area contributed by atoms with E-state index in [2.05, 4.69) is 0 Å². The molecule has 3 nitrogen and oxygen atoms in total. The topological polar surface area (TPSA) is 63.3 Å². The lowest BCUT2D eigenvalue weighted by molar-refractivity contribution is -0.138. The van der Waals surface area contributed by atoms with E-state index in [4.69, 9.17) is 10.8 Å². The number of rotatable bonds is 3. The Hall–Kier alpha value is -1.42. The molecule has 0 aliphatic rings. The Morgan fingerprint density at radius 3 is 2.60 bits per heavy atom. The third-order valence-electron chi connectivity index (χ3n) is 2.37. The molecule has 0 spiro atoms. The highest BCUT2D eigenvalue weighted by Gasteiger charge is 2.14. The zero-order valence-electron chi connectivity index (χ0n) is 8.75. The predicted molar refractivity (Wildman–Crippen MR) is 55.2 cm³/mol. The van der Waals surface area contributed by atoms with Crippen LogP contribution in [0.3, 0.4) is 0 Å². The van der Waals surface area contributed by atoms with Gasteiger partial charge in [-0.3, -0.25) is 4.79 Å². The highest BCUT2D eigenvalue weighted by molar-refractivity contribution is 5.73. The van der Waals surface area contributed by atoms with Crippen LogP contribution in [-0.4, -0.2) is 17.1 Å². The second kappa shape index (κ2) is 4.40. The average molecular weight is 211 g/mol. The van der Waals surface area contributed by atoms with Gasteiger partial charge in [0.2, 0.25) is 0 Å². The summed E-state index contributed by atoms with van der Waals surface area (Å²) in [5.41, 5.74) is 7.45. The van der Waals surface area contributed by atoms with Crippen molar-refractivity contribution in [1.82, 2.24) is 0 Å². The maximum Gasteiger partial charge on any atom is 0.320 e. The molecule has 1 aromatic rings. The summed E-state index contributed by atoms with van der Waals surface area (Å²) in [6.07, 6.45) is 0.151. The fourth-order valence-electron chi connectivity index (χ4n) is 1.41. The molecule has 1 atom stereocenters. The molecule has 0 heterocycles. The van der Waals surface area contributed by atoms with Crippen molar-refractivity contribution < 1.29 is 14.3 Å². The van der Waals surface area contributed by atoms with Crippen LogP contribution in [0.1, 0.15) is 16.7 Å². The number of aliphatic carboxylic acids is 1. The third kappa shape index (κ3) is 2.76. The van der Waals surface area contributed by atoms with Crippen LogP contribution in [0.25, 0.3) is 0 Å². The van der Waals surface area contributed by atoms with Gasteiger partial charge in [-0.05, 0) is 43.0 Å². The molecule has 1 rings (SSSR count). The molecule has 0 aliphatic carbocycles. The van der Waals surface area contributed by atoms with Crippen LogP contribution in [-0.2, 0) is 11.2 Å². The molecule has 0 fully saturated rings. The number of aryl methyl sites for hydroxylation is 2. The van der Waals surface area contributed by atoms with Crippen molar-refractivity contribution in [1.29, 1.82) is 0 Å². The molecule has 1 aromatic carbocycles. The fourth-order valence-corrected chi connectivity index (χ4v) is 1.41. The highest BCUT2D eigenvalue weighted by Crippen LogP contribution is 2.16. The van der Waals surface area contributed by atoms with Crippen LogP contribution in [0.15, 0.2) is 12.1 Å². The Morgan fingerprint density at radius 1 is 1.47 bits per heavy atom. The lowest BCUT2D eigenvalue weighted by Crippen LogP contribution is -2.32. The number of hydrogen-bond donors (Lipinski definition) is 2. The van der Waals surface area contributed by atoms with Gasteiger partial charge in [0.15, 0.2) is 0 Å². The number of halogens is 1. The van der Waals surface area contributed by atoms with Crippen LogP contribution in [0.5, 0.6) is 0 Å². The number of benzene rings is 1. The van der Waals surface area contributed by atoms with E-state index in [1.165, 1.54) is 6.07 Å². The predicted octanol–water partition coefficient (Wildman–Crippen LogP) is 1.40. The SMILES string of the molecule is Cc1cc(C)c(CC(N)C(=O)O)cc1F. The fraction of sp³-hybridized carbons (Fsp3) is 0.364. The molecule has 0 saturated carbocycles. The first-order chi connectivity index (χ1) is 6.91. The number of nitrogens with two attached hydrogens (primary N) is 1. The summed E-state index contributed by atoms with van der Waals surface area (Å²) in [5, 5.41) is 8.64. The second-order valence-corrected chi connectivity index (χ2v) is 3.68. The van der Waals surface area contributed by atoms with Gasteiger partial charge in [0, 0.05) is 0 Å². The first-order valence-corrected chi connectivity index (χ1v) is 4.66. The summed E-state index contributed by atoms with van der Waals surface area (Å²) in [6, 6.07) is 2.07. The molecule has 3 N–H and O–H groups in total. The quantitative estimate of drug-likeness (QED) is 0.794. The van der Waals surface area contributed by atoms with E-state index < -0.39 is 12.0 Å². The minimum atomic E-state index is -1.07. The Morgan fingerprint density at radius 2 is 2.07 bits per heavy atom. The molecule has 0 amide bonds. The standard InChI is InChI=1S/C11H14FNO2/c1-6-3-7(2)9(12)4-8(6)5-10(13)11(14)15/h3-4,10H,5,13H2,1-2H3,(H,14,15). The van der Waals surface area contributed by atoms with Crippen LogP contribution in [0.4, 0.5) is 4.39 Å². The Balaban J connectivity index is 2.95.